The van der Waals surface area contributed by atoms with E-state index in [0.29, 0.717) is 19.5 Å². The highest BCUT2D eigenvalue weighted by atomic mass is 16.4. The zero-order chi connectivity index (χ0) is 16.2. The van der Waals surface area contributed by atoms with Crippen LogP contribution in [0.4, 0.5) is 0 Å². The smallest absolute Gasteiger partial charge is 0.352 e. The topological polar surface area (TPSA) is 101 Å². The molecule has 5 atom stereocenters. The number of amides is 1. The highest BCUT2D eigenvalue weighted by molar-refractivity contribution is 6.00. The van der Waals surface area contributed by atoms with Crippen molar-refractivity contribution in [2.45, 2.75) is 38.5 Å². The van der Waals surface area contributed by atoms with Gasteiger partial charge >= 0.3 is 5.97 Å². The van der Waals surface area contributed by atoms with Gasteiger partial charge in [0, 0.05) is 25.6 Å². The van der Waals surface area contributed by atoms with Crippen LogP contribution in [0, 0.1) is 11.8 Å². The summed E-state index contributed by atoms with van der Waals surface area (Å²) in [5, 5.41) is 28.9. The number of β-amino-alcohol motifs (C(OH)–C–C–N with tert-alkyl or cyclic N) is 1. The highest BCUT2D eigenvalue weighted by Gasteiger charge is 2.59. The van der Waals surface area contributed by atoms with E-state index in [1.165, 1.54) is 4.90 Å². The number of fused-ring (bicyclic) bond motifs is 1. The molecule has 0 aromatic rings. The number of aliphatic carboxylic acids is 1. The lowest BCUT2D eigenvalue weighted by molar-refractivity contribution is -0.163. The first-order valence-corrected chi connectivity index (χ1v) is 7.70. The third kappa shape index (κ3) is 2.15. The van der Waals surface area contributed by atoms with Gasteiger partial charge in [0.25, 0.3) is 0 Å². The van der Waals surface area contributed by atoms with Crippen LogP contribution in [0.2, 0.25) is 0 Å². The quantitative estimate of drug-likeness (QED) is 0.591. The number of β-lactam (4-membered cyclic amide) rings is 1. The molecule has 7 nitrogen and oxygen atoms in total. The first kappa shape index (κ1) is 15.5. The van der Waals surface area contributed by atoms with Crippen molar-refractivity contribution in [1.29, 1.82) is 0 Å². The van der Waals surface area contributed by atoms with Crippen LogP contribution in [0.5, 0.6) is 0 Å². The Hall–Kier alpha value is -1.44. The molecule has 2 fully saturated rings. The predicted octanol–water partition coefficient (Wildman–Crippen LogP) is -0.751. The summed E-state index contributed by atoms with van der Waals surface area (Å²) in [6.45, 7) is 5.19. The van der Waals surface area contributed by atoms with E-state index in [4.69, 9.17) is 0 Å². The van der Waals surface area contributed by atoms with Gasteiger partial charge < -0.3 is 20.2 Å². The zero-order valence-electron chi connectivity index (χ0n) is 12.8. The molecule has 0 bridgehead atoms. The van der Waals surface area contributed by atoms with Crippen LogP contribution >= 0.6 is 0 Å². The van der Waals surface area contributed by atoms with Gasteiger partial charge in [0.15, 0.2) is 0 Å². The average molecular weight is 310 g/mol. The van der Waals surface area contributed by atoms with Gasteiger partial charge in [-0.2, -0.15) is 0 Å². The molecule has 122 valence electrons. The number of rotatable bonds is 4. The highest BCUT2D eigenvalue weighted by Crippen LogP contribution is 2.47. The number of hydrogen-bond acceptors (Lipinski definition) is 5. The van der Waals surface area contributed by atoms with Crippen molar-refractivity contribution in [2.75, 3.05) is 19.6 Å². The third-order valence-corrected chi connectivity index (χ3v) is 5.16. The number of aliphatic hydroxyl groups excluding tert-OH is 2. The largest absolute Gasteiger partial charge is 0.477 e. The SMILES string of the molecule is C[C@H]1C(CN2CC[C@H](O)C2)=C(C(=O)O)N2C(=O)[C@H]([C@@H](C)O)C12. The Morgan fingerprint density at radius 2 is 2.14 bits per heavy atom. The van der Waals surface area contributed by atoms with Gasteiger partial charge in [-0.05, 0) is 18.9 Å². The molecule has 7 heteroatoms. The third-order valence-electron chi connectivity index (χ3n) is 5.16. The van der Waals surface area contributed by atoms with Crippen molar-refractivity contribution in [1.82, 2.24) is 9.80 Å². The Bertz CT molecular complexity index is 544. The van der Waals surface area contributed by atoms with Gasteiger partial charge in [-0.25, -0.2) is 4.79 Å². The summed E-state index contributed by atoms with van der Waals surface area (Å²) in [6, 6.07) is -0.263. The molecule has 0 radical (unpaired) electrons. The van der Waals surface area contributed by atoms with Crippen molar-refractivity contribution in [3.05, 3.63) is 11.3 Å². The van der Waals surface area contributed by atoms with Crippen LogP contribution in [-0.4, -0.2) is 74.9 Å². The minimum absolute atomic E-state index is 0.0702. The lowest BCUT2D eigenvalue weighted by atomic mass is 9.77. The van der Waals surface area contributed by atoms with E-state index in [1.54, 1.807) is 6.92 Å². The first-order valence-electron chi connectivity index (χ1n) is 7.70. The summed E-state index contributed by atoms with van der Waals surface area (Å²) in [5.41, 5.74) is 0.795. The second-order valence-corrected chi connectivity index (χ2v) is 6.61. The van der Waals surface area contributed by atoms with Gasteiger partial charge in [0.1, 0.15) is 5.70 Å². The molecule has 22 heavy (non-hydrogen) atoms. The normalized spacial score (nSPS) is 36.5. The van der Waals surface area contributed by atoms with E-state index in [0.717, 1.165) is 12.1 Å². The standard InChI is InChI=1S/C15H22N2O5/c1-7-10(6-16-4-3-9(19)5-16)13(15(21)22)17-12(7)11(8(2)18)14(17)20/h7-9,11-12,18-19H,3-6H2,1-2H3,(H,21,22)/t7-,8+,9-,11+,12?/m0/s1. The minimum Gasteiger partial charge on any atom is -0.477 e. The fourth-order valence-electron chi connectivity index (χ4n) is 4.05. The van der Waals surface area contributed by atoms with Crippen LogP contribution in [0.25, 0.3) is 0 Å². The maximum absolute atomic E-state index is 12.2. The molecule has 1 amide bonds. The molecule has 0 aromatic carbocycles. The first-order chi connectivity index (χ1) is 10.3. The summed E-state index contributed by atoms with van der Waals surface area (Å²) in [4.78, 5) is 27.2. The van der Waals surface area contributed by atoms with E-state index < -0.39 is 18.0 Å². The Balaban J connectivity index is 1.87. The van der Waals surface area contributed by atoms with E-state index in [2.05, 4.69) is 0 Å². The lowest BCUT2D eigenvalue weighted by Gasteiger charge is -2.46. The number of carboxylic acid groups (broad SMARTS) is 1. The van der Waals surface area contributed by atoms with Crippen molar-refractivity contribution in [3.63, 3.8) is 0 Å². The van der Waals surface area contributed by atoms with Crippen LogP contribution < -0.4 is 0 Å². The van der Waals surface area contributed by atoms with Crippen LogP contribution in [0.1, 0.15) is 20.3 Å². The van der Waals surface area contributed by atoms with Crippen LogP contribution in [0.3, 0.4) is 0 Å². The van der Waals surface area contributed by atoms with Gasteiger partial charge in [0.2, 0.25) is 5.91 Å². The Kier molecular flexibility index (Phi) is 3.74. The number of nitrogens with zero attached hydrogens (tertiary/aromatic N) is 2. The van der Waals surface area contributed by atoms with Crippen LogP contribution in [0.15, 0.2) is 11.3 Å². The molecule has 0 aromatic heterocycles. The number of hydrogen-bond donors (Lipinski definition) is 3. The lowest BCUT2D eigenvalue weighted by Crippen LogP contribution is -2.63. The fourth-order valence-corrected chi connectivity index (χ4v) is 4.05. The monoisotopic (exact) mass is 310 g/mol. The van der Waals surface area contributed by atoms with Gasteiger partial charge in [-0.1, -0.05) is 6.92 Å². The molecule has 3 aliphatic heterocycles. The van der Waals surface area contributed by atoms with E-state index in [-0.39, 0.29) is 29.7 Å². The number of carbonyl (C=O) groups excluding carboxylic acids is 1. The Morgan fingerprint density at radius 1 is 1.45 bits per heavy atom. The number of aliphatic hydroxyl groups is 2. The molecule has 0 saturated carbocycles. The summed E-state index contributed by atoms with van der Waals surface area (Å²) in [7, 11) is 0. The summed E-state index contributed by atoms with van der Waals surface area (Å²) < 4.78 is 0. The summed E-state index contributed by atoms with van der Waals surface area (Å²) in [6.07, 6.45) is -0.458. The molecular weight excluding hydrogens is 288 g/mol. The molecule has 3 rings (SSSR count). The average Bonchev–Trinajstić information content (AvgIpc) is 2.92. The van der Waals surface area contributed by atoms with E-state index >= 15 is 0 Å². The molecule has 0 aliphatic carbocycles. The predicted molar refractivity (Wildman–Crippen MR) is 76.7 cm³/mol. The maximum atomic E-state index is 12.2. The van der Waals surface area contributed by atoms with Crippen molar-refractivity contribution < 1.29 is 24.9 Å². The second-order valence-electron chi connectivity index (χ2n) is 6.61. The molecule has 0 spiro atoms. The molecular formula is C15H22N2O5. The fraction of sp³-hybridized carbons (Fsp3) is 0.733. The number of likely N-dealkylation sites (tertiary alicyclic amines) is 1. The zero-order valence-corrected chi connectivity index (χ0v) is 12.8. The number of carbonyl (C=O) groups is 2. The molecule has 3 heterocycles. The molecule has 1 unspecified atom stereocenters. The Morgan fingerprint density at radius 3 is 2.64 bits per heavy atom. The number of carboxylic acids is 1. The second kappa shape index (κ2) is 5.33. The minimum atomic E-state index is -1.10. The van der Waals surface area contributed by atoms with Crippen molar-refractivity contribution in [3.8, 4) is 0 Å². The van der Waals surface area contributed by atoms with Gasteiger partial charge in [0.05, 0.1) is 24.2 Å². The Labute approximate surface area is 128 Å². The van der Waals surface area contributed by atoms with Gasteiger partial charge in [-0.15, -0.1) is 0 Å². The summed E-state index contributed by atoms with van der Waals surface area (Å²) in [5.74, 6) is -2.02. The van der Waals surface area contributed by atoms with Crippen molar-refractivity contribution >= 4 is 11.9 Å². The maximum Gasteiger partial charge on any atom is 0.352 e. The van der Waals surface area contributed by atoms with Crippen LogP contribution in [-0.2, 0) is 9.59 Å². The molecule has 3 N–H and O–H groups in total. The van der Waals surface area contributed by atoms with E-state index in [9.17, 15) is 24.9 Å². The summed E-state index contributed by atoms with van der Waals surface area (Å²) >= 11 is 0. The molecule has 2 saturated heterocycles. The van der Waals surface area contributed by atoms with Gasteiger partial charge in [-0.3, -0.25) is 9.69 Å². The van der Waals surface area contributed by atoms with E-state index in [1.807, 2.05) is 11.8 Å². The van der Waals surface area contributed by atoms with Crippen molar-refractivity contribution in [2.24, 2.45) is 11.8 Å². The molecule has 3 aliphatic rings.